The van der Waals surface area contributed by atoms with E-state index in [2.05, 4.69) is 200 Å². The molecule has 1 aliphatic rings. The number of thiophene rings is 1. The average molecular weight is 755 g/mol. The molecule has 1 heterocycles. The molecule has 7 aromatic carbocycles. The lowest BCUT2D eigenvalue weighted by Gasteiger charge is -2.23. The van der Waals surface area contributed by atoms with Gasteiger partial charge in [0.2, 0.25) is 0 Å². The summed E-state index contributed by atoms with van der Waals surface area (Å²) in [5, 5.41) is 9.33. The smallest absolute Gasteiger partial charge is 0.0433 e. The molecule has 8 aromatic rings. The first-order valence-electron chi connectivity index (χ1n) is 20.6. The lowest BCUT2D eigenvalue weighted by Crippen LogP contribution is -2.15. The Balaban J connectivity index is 1.22. The molecular weight excluding hydrogens is 705 g/mol. The van der Waals surface area contributed by atoms with Gasteiger partial charge >= 0.3 is 0 Å². The highest BCUT2D eigenvalue weighted by Crippen LogP contribution is 2.57. The van der Waals surface area contributed by atoms with Crippen LogP contribution in [-0.4, -0.2) is 0 Å². The zero-order valence-corrected chi connectivity index (χ0v) is 35.1. The van der Waals surface area contributed by atoms with Gasteiger partial charge in [-0.2, -0.15) is 0 Å². The van der Waals surface area contributed by atoms with Crippen molar-refractivity contribution in [3.8, 4) is 22.3 Å². The fraction of sp³-hybridized carbons (Fsp3) is 0.179. The molecule has 280 valence electrons. The molecule has 0 aliphatic heterocycles. The third kappa shape index (κ3) is 5.86. The lowest BCUT2D eigenvalue weighted by molar-refractivity contribution is 0.666. The van der Waals surface area contributed by atoms with E-state index in [0.717, 1.165) is 12.8 Å². The number of aryl methyl sites for hydroxylation is 2. The van der Waals surface area contributed by atoms with Crippen molar-refractivity contribution in [2.45, 2.75) is 66.7 Å². The van der Waals surface area contributed by atoms with E-state index in [4.69, 9.17) is 0 Å². The summed E-state index contributed by atoms with van der Waals surface area (Å²) in [6, 6.07) is 43.4. The van der Waals surface area contributed by atoms with E-state index in [1.165, 1.54) is 114 Å². The van der Waals surface area contributed by atoms with Gasteiger partial charge in [-0.1, -0.05) is 172 Å². The predicted molar refractivity (Wildman–Crippen MR) is 254 cm³/mol. The molecule has 1 aromatic heterocycles. The van der Waals surface area contributed by atoms with E-state index >= 15 is 0 Å². The monoisotopic (exact) mass is 754 g/mol. The third-order valence-corrected chi connectivity index (χ3v) is 13.7. The van der Waals surface area contributed by atoms with Gasteiger partial charge in [0.25, 0.3) is 0 Å². The van der Waals surface area contributed by atoms with Gasteiger partial charge in [0.1, 0.15) is 0 Å². The first kappa shape index (κ1) is 36.9. The molecule has 1 heteroatoms. The second-order valence-electron chi connectivity index (χ2n) is 16.1. The summed E-state index contributed by atoms with van der Waals surface area (Å²) in [5.74, 6) is 0. The van der Waals surface area contributed by atoms with Crippen LogP contribution in [0, 0.1) is 6.92 Å². The van der Waals surface area contributed by atoms with Crippen LogP contribution < -0.4 is 0 Å². The normalized spacial score (nSPS) is 15.5. The van der Waals surface area contributed by atoms with Gasteiger partial charge in [-0.3, -0.25) is 0 Å². The second kappa shape index (κ2) is 14.6. The molecule has 0 unspecified atom stereocenters. The Morgan fingerprint density at radius 2 is 1.19 bits per heavy atom. The summed E-state index contributed by atoms with van der Waals surface area (Å²) in [6.45, 7) is 15.9. The van der Waals surface area contributed by atoms with Gasteiger partial charge in [-0.15, -0.1) is 11.3 Å². The number of fused-ring (bicyclic) bond motifs is 8. The summed E-state index contributed by atoms with van der Waals surface area (Å²) < 4.78 is 1.43. The Morgan fingerprint density at radius 3 is 1.75 bits per heavy atom. The van der Waals surface area contributed by atoms with Crippen molar-refractivity contribution in [2.24, 2.45) is 0 Å². The Morgan fingerprint density at radius 1 is 0.614 bits per heavy atom. The molecule has 57 heavy (non-hydrogen) atoms. The molecule has 1 aliphatic carbocycles. The summed E-state index contributed by atoms with van der Waals surface area (Å²) in [5.41, 5.74) is 16.0. The van der Waals surface area contributed by atoms with Gasteiger partial charge in [0, 0.05) is 25.8 Å². The van der Waals surface area contributed by atoms with Crippen molar-refractivity contribution < 1.29 is 0 Å². The average Bonchev–Trinajstić information content (AvgIpc) is 3.70. The highest BCUT2D eigenvalue weighted by atomic mass is 32.1. The molecule has 0 saturated heterocycles. The van der Waals surface area contributed by atoms with Gasteiger partial charge in [-0.25, -0.2) is 0 Å². The number of allylic oxidation sites excluding steroid dienone is 6. The number of hydrogen-bond acceptors (Lipinski definition) is 1. The second-order valence-corrected chi connectivity index (χ2v) is 17.2. The fourth-order valence-electron chi connectivity index (χ4n) is 9.95. The summed E-state index contributed by atoms with van der Waals surface area (Å²) in [4.78, 5) is 1.47. The molecule has 0 amide bonds. The van der Waals surface area contributed by atoms with Gasteiger partial charge in [-0.05, 0) is 134 Å². The van der Waals surface area contributed by atoms with Gasteiger partial charge < -0.3 is 0 Å². The maximum Gasteiger partial charge on any atom is 0.0433 e. The van der Waals surface area contributed by atoms with Crippen molar-refractivity contribution in [3.63, 3.8) is 0 Å². The highest BCUT2D eigenvalue weighted by molar-refractivity contribution is 7.20. The number of benzene rings is 7. The van der Waals surface area contributed by atoms with E-state index < -0.39 is 0 Å². The molecular formula is C56H50S. The Hall–Kier alpha value is -5.76. The van der Waals surface area contributed by atoms with E-state index in [-0.39, 0.29) is 5.41 Å². The lowest BCUT2D eigenvalue weighted by atomic mass is 9.79. The molecule has 0 fully saturated rings. The summed E-state index contributed by atoms with van der Waals surface area (Å²) in [6.07, 6.45) is 15.7. The quantitative estimate of drug-likeness (QED) is 0.142. The molecule has 9 rings (SSSR count). The molecule has 0 atom stereocenters. The molecule has 0 radical (unpaired) electrons. The predicted octanol–water partition coefficient (Wildman–Crippen LogP) is 16.5. The minimum Gasteiger partial charge on any atom is -0.139 e. The Bertz CT molecular complexity index is 2970. The van der Waals surface area contributed by atoms with Crippen LogP contribution >= 0.6 is 11.3 Å². The van der Waals surface area contributed by atoms with Crippen molar-refractivity contribution in [1.82, 2.24) is 0 Å². The molecule has 0 bridgehead atoms. The highest BCUT2D eigenvalue weighted by Gasteiger charge is 2.41. The van der Waals surface area contributed by atoms with Crippen LogP contribution in [0.25, 0.3) is 82.4 Å². The first-order valence-corrected chi connectivity index (χ1v) is 21.4. The Labute approximate surface area is 342 Å². The van der Waals surface area contributed by atoms with Crippen molar-refractivity contribution in [3.05, 3.63) is 183 Å². The van der Waals surface area contributed by atoms with E-state index in [1.807, 2.05) is 11.3 Å². The zero-order chi connectivity index (χ0) is 39.4. The maximum absolute atomic E-state index is 2.53. The van der Waals surface area contributed by atoms with Gasteiger partial charge in [0.05, 0.1) is 0 Å². The first-order chi connectivity index (χ1) is 27.8. The summed E-state index contributed by atoms with van der Waals surface area (Å²) >= 11 is 1.99. The van der Waals surface area contributed by atoms with E-state index in [0.29, 0.717) is 0 Å². The van der Waals surface area contributed by atoms with E-state index in [9.17, 15) is 0 Å². The third-order valence-electron chi connectivity index (χ3n) is 12.4. The van der Waals surface area contributed by atoms with Crippen LogP contribution in [0.3, 0.4) is 0 Å². The molecule has 0 saturated carbocycles. The van der Waals surface area contributed by atoms with Crippen LogP contribution in [0.4, 0.5) is 0 Å². The standard InChI is InChI=1S/C56H50S/c1-8-19-37-30-31-39(33-35(37)5)51-42-25-14-12-23-40(42)50(41-24-13-15-26-43(41)51)38-22-18-21-36(34-38)29-32-46-48(10-3)56(6,7)54-52(46)44-27-16-17-28-45(44)55-53(54)47(20-9-2)49(11-4)57-55/h8-10,12-28,30-34H,11,29H2,1-7H3/b19-8-,20-9-,46-32+,48-10+. The SMILES string of the molecule is C/C=C\c1ccc(-c2c3ccccc3c(-c3cccc(C/C=C4\C(=C/C)C(C)(C)c5c4c4ccccc4c4sc(CC)c(/C=C\C)c54)c3)c3ccccc23)cc1C. The topological polar surface area (TPSA) is 0 Å². The van der Waals surface area contributed by atoms with Crippen molar-refractivity contribution in [2.75, 3.05) is 0 Å². The largest absolute Gasteiger partial charge is 0.139 e. The van der Waals surface area contributed by atoms with Crippen LogP contribution in [-0.2, 0) is 18.3 Å². The van der Waals surface area contributed by atoms with Gasteiger partial charge in [0.15, 0.2) is 0 Å². The number of hydrogen-bond donors (Lipinski definition) is 0. The molecule has 0 nitrogen and oxygen atoms in total. The minimum absolute atomic E-state index is 0.131. The van der Waals surface area contributed by atoms with Crippen LogP contribution in [0.1, 0.15) is 79.8 Å². The fourth-order valence-corrected chi connectivity index (χ4v) is 11.2. The van der Waals surface area contributed by atoms with Crippen LogP contribution in [0.2, 0.25) is 0 Å². The molecule has 0 N–H and O–H groups in total. The van der Waals surface area contributed by atoms with E-state index in [1.54, 1.807) is 0 Å². The van der Waals surface area contributed by atoms with Crippen LogP contribution in [0.5, 0.6) is 0 Å². The van der Waals surface area contributed by atoms with Crippen molar-refractivity contribution in [1.29, 1.82) is 0 Å². The zero-order valence-electron chi connectivity index (χ0n) is 34.3. The molecule has 0 spiro atoms. The Kier molecular flexibility index (Phi) is 9.46. The number of rotatable bonds is 7. The van der Waals surface area contributed by atoms with Crippen molar-refractivity contribution >= 4 is 71.5 Å². The van der Waals surface area contributed by atoms with Crippen LogP contribution in [0.15, 0.2) is 145 Å². The summed E-state index contributed by atoms with van der Waals surface area (Å²) in [7, 11) is 0. The maximum atomic E-state index is 2.53. The minimum atomic E-state index is -0.131.